The Hall–Kier alpha value is -3.00. The third-order valence-electron chi connectivity index (χ3n) is 4.74. The fourth-order valence-corrected chi connectivity index (χ4v) is 3.26. The number of rotatable bonds is 4. The lowest BCUT2D eigenvalue weighted by Crippen LogP contribution is -2.46. The van der Waals surface area contributed by atoms with E-state index in [-0.39, 0.29) is 0 Å². The number of piperazine rings is 1. The highest BCUT2D eigenvalue weighted by atomic mass is 16.7. The van der Waals surface area contributed by atoms with E-state index in [1.54, 1.807) is 12.3 Å². The molecule has 1 saturated heterocycles. The fraction of sp³-hybridized carbons (Fsp3) is 0.368. The number of pyridine rings is 1. The van der Waals surface area contributed by atoms with Crippen molar-refractivity contribution in [1.82, 2.24) is 9.88 Å². The van der Waals surface area contributed by atoms with Crippen molar-refractivity contribution in [3.05, 3.63) is 42.1 Å². The van der Waals surface area contributed by atoms with Crippen LogP contribution in [-0.4, -0.2) is 56.1 Å². The molecule has 4 rings (SSSR count). The Morgan fingerprint density at radius 2 is 1.96 bits per heavy atom. The van der Waals surface area contributed by atoms with E-state index in [9.17, 15) is 4.79 Å². The standard InChI is InChI=1S/C19H22N4O4/c1-25-19(24)21-18-5-3-15(11-20-18)23-8-6-22(7-9-23)12-14-2-4-16-17(10-14)27-13-26-16/h2-5,10-11H,6-9,12-13H2,1H3,(H,20,21,24). The number of methoxy groups -OCH3 is 1. The van der Waals surface area contributed by atoms with Crippen molar-refractivity contribution < 1.29 is 19.0 Å². The van der Waals surface area contributed by atoms with Crippen LogP contribution in [-0.2, 0) is 11.3 Å². The second-order valence-electron chi connectivity index (χ2n) is 6.47. The molecule has 2 aromatic rings. The van der Waals surface area contributed by atoms with Crippen LogP contribution in [0.15, 0.2) is 36.5 Å². The van der Waals surface area contributed by atoms with Gasteiger partial charge in [0.2, 0.25) is 6.79 Å². The maximum atomic E-state index is 11.2. The highest BCUT2D eigenvalue weighted by Gasteiger charge is 2.19. The monoisotopic (exact) mass is 370 g/mol. The minimum absolute atomic E-state index is 0.305. The maximum Gasteiger partial charge on any atom is 0.412 e. The molecular weight excluding hydrogens is 348 g/mol. The number of benzene rings is 1. The number of carbonyl (C=O) groups is 1. The highest BCUT2D eigenvalue weighted by molar-refractivity contribution is 5.83. The van der Waals surface area contributed by atoms with Crippen molar-refractivity contribution in [2.75, 3.05) is 50.3 Å². The first-order valence-corrected chi connectivity index (χ1v) is 8.88. The molecule has 0 atom stereocenters. The molecule has 142 valence electrons. The van der Waals surface area contributed by atoms with E-state index in [0.717, 1.165) is 49.9 Å². The number of nitrogens with zero attached hydrogens (tertiary/aromatic N) is 3. The number of fused-ring (bicyclic) bond motifs is 1. The van der Waals surface area contributed by atoms with E-state index in [1.807, 2.05) is 12.1 Å². The molecule has 2 aliphatic rings. The third-order valence-corrected chi connectivity index (χ3v) is 4.74. The molecule has 0 unspecified atom stereocenters. The number of carbonyl (C=O) groups excluding carboxylic acids is 1. The molecule has 1 N–H and O–H groups in total. The van der Waals surface area contributed by atoms with Gasteiger partial charge < -0.3 is 19.1 Å². The van der Waals surface area contributed by atoms with Crippen molar-refractivity contribution in [3.63, 3.8) is 0 Å². The van der Waals surface area contributed by atoms with Crippen molar-refractivity contribution in [3.8, 4) is 11.5 Å². The number of aromatic nitrogens is 1. The number of nitrogens with one attached hydrogen (secondary N) is 1. The molecule has 0 saturated carbocycles. The molecule has 3 heterocycles. The van der Waals surface area contributed by atoms with Gasteiger partial charge in [-0.15, -0.1) is 0 Å². The largest absolute Gasteiger partial charge is 0.454 e. The zero-order chi connectivity index (χ0) is 18.6. The summed E-state index contributed by atoms with van der Waals surface area (Å²) in [5.74, 6) is 2.13. The molecule has 0 aliphatic carbocycles. The van der Waals surface area contributed by atoms with Crippen molar-refractivity contribution in [2.45, 2.75) is 6.54 Å². The van der Waals surface area contributed by atoms with Crippen LogP contribution in [0, 0.1) is 0 Å². The summed E-state index contributed by atoms with van der Waals surface area (Å²) in [5.41, 5.74) is 2.28. The lowest BCUT2D eigenvalue weighted by molar-refractivity contribution is 0.174. The predicted octanol–water partition coefficient (Wildman–Crippen LogP) is 2.31. The number of hydrogen-bond acceptors (Lipinski definition) is 7. The van der Waals surface area contributed by atoms with Gasteiger partial charge in [-0.05, 0) is 29.8 Å². The molecular formula is C19H22N4O4. The van der Waals surface area contributed by atoms with E-state index in [1.165, 1.54) is 12.7 Å². The Bertz CT molecular complexity index is 804. The van der Waals surface area contributed by atoms with Crippen LogP contribution >= 0.6 is 0 Å². The van der Waals surface area contributed by atoms with Crippen LogP contribution in [0.5, 0.6) is 11.5 Å². The van der Waals surface area contributed by atoms with Crippen LogP contribution < -0.4 is 19.7 Å². The molecule has 1 amide bonds. The summed E-state index contributed by atoms with van der Waals surface area (Å²) >= 11 is 0. The predicted molar refractivity (Wildman–Crippen MR) is 100 cm³/mol. The number of ether oxygens (including phenoxy) is 3. The molecule has 8 nitrogen and oxygen atoms in total. The Kier molecular flexibility index (Phi) is 4.97. The van der Waals surface area contributed by atoms with Crippen LogP contribution in [0.2, 0.25) is 0 Å². The number of anilines is 2. The van der Waals surface area contributed by atoms with Gasteiger partial charge in [-0.2, -0.15) is 0 Å². The molecule has 2 aliphatic heterocycles. The minimum Gasteiger partial charge on any atom is -0.454 e. The summed E-state index contributed by atoms with van der Waals surface area (Å²) < 4.78 is 15.4. The van der Waals surface area contributed by atoms with Crippen LogP contribution in [0.1, 0.15) is 5.56 Å². The van der Waals surface area contributed by atoms with E-state index in [0.29, 0.717) is 12.6 Å². The molecule has 0 radical (unpaired) electrons. The zero-order valence-corrected chi connectivity index (χ0v) is 15.2. The Balaban J connectivity index is 1.30. The molecule has 1 aromatic heterocycles. The van der Waals surface area contributed by atoms with Crippen molar-refractivity contribution in [1.29, 1.82) is 0 Å². The molecule has 1 fully saturated rings. The fourth-order valence-electron chi connectivity index (χ4n) is 3.26. The lowest BCUT2D eigenvalue weighted by Gasteiger charge is -2.36. The summed E-state index contributed by atoms with van der Waals surface area (Å²) in [5, 5.41) is 2.56. The van der Waals surface area contributed by atoms with Gasteiger partial charge in [-0.25, -0.2) is 9.78 Å². The summed E-state index contributed by atoms with van der Waals surface area (Å²) in [6.07, 6.45) is 1.26. The Labute approximate surface area is 157 Å². The van der Waals surface area contributed by atoms with E-state index in [2.05, 4.69) is 37.0 Å². The van der Waals surface area contributed by atoms with E-state index in [4.69, 9.17) is 9.47 Å². The van der Waals surface area contributed by atoms with Gasteiger partial charge in [0.1, 0.15) is 5.82 Å². The molecule has 27 heavy (non-hydrogen) atoms. The van der Waals surface area contributed by atoms with Gasteiger partial charge in [-0.3, -0.25) is 10.2 Å². The number of hydrogen-bond donors (Lipinski definition) is 1. The summed E-state index contributed by atoms with van der Waals surface area (Å²) in [6, 6.07) is 9.88. The first kappa shape index (κ1) is 17.4. The highest BCUT2D eigenvalue weighted by Crippen LogP contribution is 2.33. The van der Waals surface area contributed by atoms with Crippen molar-refractivity contribution in [2.24, 2.45) is 0 Å². The van der Waals surface area contributed by atoms with Crippen LogP contribution in [0.3, 0.4) is 0 Å². The third kappa shape index (κ3) is 4.06. The minimum atomic E-state index is -0.521. The molecule has 8 heteroatoms. The van der Waals surface area contributed by atoms with Gasteiger partial charge >= 0.3 is 6.09 Å². The molecule has 1 aromatic carbocycles. The summed E-state index contributed by atoms with van der Waals surface area (Å²) in [6.45, 7) is 4.99. The lowest BCUT2D eigenvalue weighted by atomic mass is 10.1. The second kappa shape index (κ2) is 7.71. The average Bonchev–Trinajstić information content (AvgIpc) is 3.17. The summed E-state index contributed by atoms with van der Waals surface area (Å²) in [4.78, 5) is 20.2. The Morgan fingerprint density at radius 1 is 1.15 bits per heavy atom. The van der Waals surface area contributed by atoms with Gasteiger partial charge in [0.05, 0.1) is 19.0 Å². The first-order valence-electron chi connectivity index (χ1n) is 8.88. The summed E-state index contributed by atoms with van der Waals surface area (Å²) in [7, 11) is 1.33. The average molecular weight is 370 g/mol. The molecule has 0 bridgehead atoms. The van der Waals surface area contributed by atoms with Gasteiger partial charge in [0.25, 0.3) is 0 Å². The van der Waals surface area contributed by atoms with Gasteiger partial charge in [0, 0.05) is 32.7 Å². The Morgan fingerprint density at radius 3 is 2.70 bits per heavy atom. The SMILES string of the molecule is COC(=O)Nc1ccc(N2CCN(Cc3ccc4c(c3)OCO4)CC2)cn1. The normalized spacial score (nSPS) is 16.3. The topological polar surface area (TPSA) is 76.2 Å². The number of amides is 1. The van der Waals surface area contributed by atoms with E-state index >= 15 is 0 Å². The van der Waals surface area contributed by atoms with Gasteiger partial charge in [0.15, 0.2) is 11.5 Å². The first-order chi connectivity index (χ1) is 13.2. The second-order valence-corrected chi connectivity index (χ2v) is 6.47. The van der Waals surface area contributed by atoms with Crippen molar-refractivity contribution >= 4 is 17.6 Å². The van der Waals surface area contributed by atoms with Gasteiger partial charge in [-0.1, -0.05) is 6.07 Å². The molecule has 0 spiro atoms. The zero-order valence-electron chi connectivity index (χ0n) is 15.2. The maximum absolute atomic E-state index is 11.2. The smallest absolute Gasteiger partial charge is 0.412 e. The quantitative estimate of drug-likeness (QED) is 0.885. The van der Waals surface area contributed by atoms with Crippen LogP contribution in [0.25, 0.3) is 0 Å². The van der Waals surface area contributed by atoms with E-state index < -0.39 is 6.09 Å². The van der Waals surface area contributed by atoms with Crippen LogP contribution in [0.4, 0.5) is 16.3 Å².